The number of phenols is 1. The highest BCUT2D eigenvalue weighted by molar-refractivity contribution is 7.50. The van der Waals surface area contributed by atoms with Crippen molar-refractivity contribution in [1.29, 1.82) is 0 Å². The minimum atomic E-state index is -3.96. The van der Waals surface area contributed by atoms with Gasteiger partial charge in [0, 0.05) is 11.6 Å². The molecule has 1 aromatic heterocycles. The summed E-state index contributed by atoms with van der Waals surface area (Å²) in [6, 6.07) is 1.22. The summed E-state index contributed by atoms with van der Waals surface area (Å²) in [4.78, 5) is 11.7. The van der Waals surface area contributed by atoms with Gasteiger partial charge >= 0.3 is 13.4 Å². The van der Waals surface area contributed by atoms with Crippen LogP contribution in [-0.4, -0.2) is 5.11 Å². The summed E-state index contributed by atoms with van der Waals surface area (Å²) in [5.41, 5.74) is -0.229. The quantitative estimate of drug-likeness (QED) is 0.577. The molecule has 0 saturated carbocycles. The predicted octanol–water partition coefficient (Wildman–Crippen LogP) is 2.08. The van der Waals surface area contributed by atoms with Crippen molar-refractivity contribution in [3.63, 3.8) is 0 Å². The molecule has 2 aromatic rings. The zero-order valence-electron chi connectivity index (χ0n) is 8.92. The highest BCUT2D eigenvalue weighted by Gasteiger charge is 2.48. The summed E-state index contributed by atoms with van der Waals surface area (Å²) in [5, 5.41) is 10.1. The van der Waals surface area contributed by atoms with Crippen molar-refractivity contribution in [2.45, 2.75) is 6.92 Å². The number of hydrogen-bond donors (Lipinski definition) is 1. The van der Waals surface area contributed by atoms with Crippen LogP contribution >= 0.6 is 7.82 Å². The van der Waals surface area contributed by atoms with Crippen LogP contribution < -0.4 is 19.2 Å². The van der Waals surface area contributed by atoms with E-state index in [9.17, 15) is 14.5 Å². The summed E-state index contributed by atoms with van der Waals surface area (Å²) in [7, 11) is -3.96. The first-order valence-electron chi connectivity index (χ1n) is 5.01. The molecule has 18 heavy (non-hydrogen) atoms. The number of benzene rings is 1. The van der Waals surface area contributed by atoms with Gasteiger partial charge in [0.2, 0.25) is 11.5 Å². The van der Waals surface area contributed by atoms with E-state index in [0.29, 0.717) is 10.9 Å². The molecule has 4 bridgehead atoms. The molecule has 1 atom stereocenters. The van der Waals surface area contributed by atoms with E-state index in [1.165, 1.54) is 6.07 Å². The Morgan fingerprint density at radius 3 is 2.61 bits per heavy atom. The second kappa shape index (κ2) is 2.64. The van der Waals surface area contributed by atoms with Gasteiger partial charge in [-0.25, -0.2) is 4.79 Å². The summed E-state index contributed by atoms with van der Waals surface area (Å²) in [5.74, 6) is -0.501. The van der Waals surface area contributed by atoms with Crippen LogP contribution in [0.1, 0.15) is 5.56 Å². The Bertz CT molecular complexity index is 834. The molecule has 2 aliphatic rings. The zero-order chi connectivity index (χ0) is 12.7. The van der Waals surface area contributed by atoms with E-state index in [4.69, 9.17) is 18.0 Å². The molecule has 92 valence electrons. The van der Waals surface area contributed by atoms with Crippen LogP contribution in [0.4, 0.5) is 0 Å². The van der Waals surface area contributed by atoms with E-state index >= 15 is 0 Å². The number of aromatic hydroxyl groups is 1. The first kappa shape index (κ1) is 9.85. The van der Waals surface area contributed by atoms with Gasteiger partial charge in [-0.2, -0.15) is 4.57 Å². The summed E-state index contributed by atoms with van der Waals surface area (Å²) in [6.45, 7) is 1.61. The summed E-state index contributed by atoms with van der Waals surface area (Å²) >= 11 is 0. The lowest BCUT2D eigenvalue weighted by Crippen LogP contribution is -2.09. The van der Waals surface area contributed by atoms with Crippen LogP contribution in [0.25, 0.3) is 11.0 Å². The Labute approximate surface area is 99.1 Å². The summed E-state index contributed by atoms with van der Waals surface area (Å²) < 4.78 is 32.2. The molecule has 0 spiro atoms. The fraction of sp³-hybridized carbons (Fsp3) is 0.100. The number of aryl methyl sites for hydroxylation is 1. The number of phosphoric acid groups is 1. The van der Waals surface area contributed by atoms with Crippen LogP contribution in [0.2, 0.25) is 0 Å². The molecular formula is C10H5O7P. The molecule has 1 N–H and O–H groups in total. The maximum absolute atomic E-state index is 12.1. The third kappa shape index (κ3) is 0.960. The molecule has 4 rings (SSSR count). The van der Waals surface area contributed by atoms with Gasteiger partial charge in [0.15, 0.2) is 11.5 Å². The van der Waals surface area contributed by atoms with Crippen molar-refractivity contribution in [2.75, 3.05) is 0 Å². The van der Waals surface area contributed by atoms with E-state index in [-0.39, 0.29) is 28.6 Å². The molecule has 0 fully saturated rings. The largest absolute Gasteiger partial charge is 0.647 e. The fourth-order valence-corrected chi connectivity index (χ4v) is 3.47. The highest BCUT2D eigenvalue weighted by atomic mass is 31.2. The lowest BCUT2D eigenvalue weighted by molar-refractivity contribution is 0.322. The number of phosphoric ester groups is 1. The van der Waals surface area contributed by atoms with Crippen molar-refractivity contribution in [3.05, 3.63) is 22.0 Å². The van der Waals surface area contributed by atoms with Crippen LogP contribution in [0, 0.1) is 6.92 Å². The SMILES string of the molecule is Cc1c2c(=O)oc3cc(O)c4c(c13)OP(=O)(O4)O2. The van der Waals surface area contributed by atoms with Gasteiger partial charge in [-0.3, -0.25) is 0 Å². The number of phenolic OH excluding ortho intramolecular Hbond substituents is 1. The van der Waals surface area contributed by atoms with E-state index in [1.54, 1.807) is 6.92 Å². The molecule has 3 heterocycles. The van der Waals surface area contributed by atoms with E-state index < -0.39 is 13.4 Å². The van der Waals surface area contributed by atoms with Gasteiger partial charge < -0.3 is 23.1 Å². The molecule has 0 aliphatic carbocycles. The number of rotatable bonds is 0. The molecule has 0 saturated heterocycles. The summed E-state index contributed by atoms with van der Waals surface area (Å²) in [6.07, 6.45) is 0. The standard InChI is InChI=1S/C10H5O7P/c1-3-6-5-2-4(11)8-9(6)17-18(13,16-8)15-7(3)10(12)14-5/h2,11H,1H3. The van der Waals surface area contributed by atoms with Gasteiger partial charge in [-0.05, 0) is 6.92 Å². The van der Waals surface area contributed by atoms with Gasteiger partial charge in [-0.15, -0.1) is 0 Å². The zero-order valence-corrected chi connectivity index (χ0v) is 9.82. The van der Waals surface area contributed by atoms with Crippen molar-refractivity contribution in [2.24, 2.45) is 0 Å². The number of hydrogen-bond acceptors (Lipinski definition) is 7. The van der Waals surface area contributed by atoms with E-state index in [2.05, 4.69) is 0 Å². The molecule has 0 amide bonds. The predicted molar refractivity (Wildman–Crippen MR) is 58.4 cm³/mol. The van der Waals surface area contributed by atoms with Crippen LogP contribution in [0.15, 0.2) is 15.3 Å². The lowest BCUT2D eigenvalue weighted by Gasteiger charge is -2.11. The molecule has 0 radical (unpaired) electrons. The van der Waals surface area contributed by atoms with E-state index in [1.807, 2.05) is 0 Å². The maximum Gasteiger partial charge on any atom is 0.647 e. The van der Waals surface area contributed by atoms with Crippen LogP contribution in [0.3, 0.4) is 0 Å². The normalized spacial score (nSPS) is 22.7. The Balaban J connectivity index is 2.36. The number of fused-ring (bicyclic) bond motifs is 2. The molecule has 1 aromatic carbocycles. The highest BCUT2D eigenvalue weighted by Crippen LogP contribution is 2.65. The first-order chi connectivity index (χ1) is 8.48. The van der Waals surface area contributed by atoms with Crippen molar-refractivity contribution < 1.29 is 27.7 Å². The van der Waals surface area contributed by atoms with Crippen LogP contribution in [0.5, 0.6) is 23.0 Å². The second-order valence-electron chi connectivity index (χ2n) is 3.99. The molecule has 7 nitrogen and oxygen atoms in total. The Morgan fingerprint density at radius 1 is 1.17 bits per heavy atom. The minimum absolute atomic E-state index is 0.0616. The molecule has 8 heteroatoms. The molecule has 2 aliphatic heterocycles. The fourth-order valence-electron chi connectivity index (χ4n) is 2.12. The van der Waals surface area contributed by atoms with Gasteiger partial charge in [0.05, 0.1) is 5.39 Å². The average Bonchev–Trinajstić information content (AvgIpc) is 2.58. The topological polar surface area (TPSA) is 95.2 Å². The monoisotopic (exact) mass is 268 g/mol. The van der Waals surface area contributed by atoms with Gasteiger partial charge in [0.25, 0.3) is 0 Å². The molecular weight excluding hydrogens is 263 g/mol. The van der Waals surface area contributed by atoms with Crippen LogP contribution in [-0.2, 0) is 4.57 Å². The Hall–Kier alpha value is -2.14. The van der Waals surface area contributed by atoms with E-state index in [0.717, 1.165) is 0 Å². The lowest BCUT2D eigenvalue weighted by atomic mass is 10.1. The minimum Gasteiger partial charge on any atom is -0.504 e. The average molecular weight is 268 g/mol. The Kier molecular flexibility index (Phi) is 1.45. The second-order valence-corrected chi connectivity index (χ2v) is 5.43. The third-order valence-electron chi connectivity index (χ3n) is 2.89. The van der Waals surface area contributed by atoms with Crippen molar-refractivity contribution >= 4 is 18.8 Å². The smallest absolute Gasteiger partial charge is 0.504 e. The first-order valence-corrected chi connectivity index (χ1v) is 6.47. The van der Waals surface area contributed by atoms with Crippen molar-refractivity contribution in [1.82, 2.24) is 0 Å². The molecule has 1 unspecified atom stereocenters. The van der Waals surface area contributed by atoms with Crippen molar-refractivity contribution in [3.8, 4) is 23.0 Å². The third-order valence-corrected chi connectivity index (χ3v) is 4.11. The van der Waals surface area contributed by atoms with Gasteiger partial charge in [-0.1, -0.05) is 0 Å². The van der Waals surface area contributed by atoms with Gasteiger partial charge in [0.1, 0.15) is 5.58 Å². The Morgan fingerprint density at radius 2 is 1.83 bits per heavy atom. The maximum atomic E-state index is 12.1.